The lowest BCUT2D eigenvalue weighted by molar-refractivity contribution is 0.102. The molecule has 8 heteroatoms. The summed E-state index contributed by atoms with van der Waals surface area (Å²) in [7, 11) is -2.16. The highest BCUT2D eigenvalue weighted by molar-refractivity contribution is 7.89. The minimum atomic E-state index is -3.65. The standard InChI is InChI=1S/C20H23ClN2O4S/c1-14-6-3-4-11-23(14)28(25,26)17-8-5-7-15(12-17)20(24)22-18-13-16(21)9-10-19(18)27-2/h5,7-10,12-14H,3-4,6,11H2,1-2H3,(H,22,24)/t14-/m0/s1. The number of carbonyl (C=O) groups excluding carboxylic acids is 1. The van der Waals surface area contributed by atoms with Crippen LogP contribution < -0.4 is 10.1 Å². The first-order chi connectivity index (χ1) is 13.3. The third kappa shape index (κ3) is 4.32. The van der Waals surface area contributed by atoms with Crippen molar-refractivity contribution >= 4 is 33.2 Å². The number of nitrogens with zero attached hydrogens (tertiary/aromatic N) is 1. The third-order valence-electron chi connectivity index (χ3n) is 4.85. The first-order valence-electron chi connectivity index (χ1n) is 9.09. The zero-order valence-corrected chi connectivity index (χ0v) is 17.4. The summed E-state index contributed by atoms with van der Waals surface area (Å²) >= 11 is 6.00. The van der Waals surface area contributed by atoms with Crippen LogP contribution in [0.4, 0.5) is 5.69 Å². The Bertz CT molecular complexity index is 978. The lowest BCUT2D eigenvalue weighted by atomic mass is 10.1. The number of amides is 1. The second kappa shape index (κ2) is 8.51. The van der Waals surface area contributed by atoms with Crippen molar-refractivity contribution in [1.29, 1.82) is 0 Å². The van der Waals surface area contributed by atoms with Crippen LogP contribution in [0.15, 0.2) is 47.4 Å². The van der Waals surface area contributed by atoms with Crippen molar-refractivity contribution in [2.75, 3.05) is 19.0 Å². The second-order valence-corrected chi connectivity index (χ2v) is 9.11. The van der Waals surface area contributed by atoms with Crippen molar-refractivity contribution in [2.24, 2.45) is 0 Å². The fraction of sp³-hybridized carbons (Fsp3) is 0.350. The van der Waals surface area contributed by atoms with Crippen molar-refractivity contribution in [3.63, 3.8) is 0 Å². The van der Waals surface area contributed by atoms with Crippen molar-refractivity contribution in [3.05, 3.63) is 53.1 Å². The van der Waals surface area contributed by atoms with Crippen LogP contribution in [0.2, 0.25) is 5.02 Å². The van der Waals surface area contributed by atoms with E-state index in [4.69, 9.17) is 16.3 Å². The number of halogens is 1. The van der Waals surface area contributed by atoms with Crippen LogP contribution >= 0.6 is 11.6 Å². The molecular formula is C20H23ClN2O4S. The summed E-state index contributed by atoms with van der Waals surface area (Å²) in [6, 6.07) is 10.9. The molecule has 1 saturated heterocycles. The average Bonchev–Trinajstić information content (AvgIpc) is 2.68. The molecule has 2 aromatic carbocycles. The van der Waals surface area contributed by atoms with Crippen LogP contribution in [0.3, 0.4) is 0 Å². The molecule has 1 atom stereocenters. The Hall–Kier alpha value is -2.09. The van der Waals surface area contributed by atoms with Crippen LogP contribution in [-0.4, -0.2) is 38.3 Å². The van der Waals surface area contributed by atoms with E-state index in [0.717, 1.165) is 19.3 Å². The van der Waals surface area contributed by atoms with E-state index in [9.17, 15) is 13.2 Å². The van der Waals surface area contributed by atoms with Gasteiger partial charge in [-0.1, -0.05) is 24.1 Å². The number of piperidine rings is 1. The Balaban J connectivity index is 1.87. The molecule has 1 heterocycles. The first kappa shape index (κ1) is 20.6. The van der Waals surface area contributed by atoms with Crippen LogP contribution in [0.1, 0.15) is 36.5 Å². The van der Waals surface area contributed by atoms with E-state index in [1.165, 1.54) is 23.5 Å². The minimum Gasteiger partial charge on any atom is -0.495 e. The lowest BCUT2D eigenvalue weighted by Crippen LogP contribution is -2.41. The fourth-order valence-electron chi connectivity index (χ4n) is 3.33. The largest absolute Gasteiger partial charge is 0.495 e. The van der Waals surface area contributed by atoms with Gasteiger partial charge in [0.2, 0.25) is 10.0 Å². The van der Waals surface area contributed by atoms with Gasteiger partial charge in [-0.3, -0.25) is 4.79 Å². The molecule has 1 amide bonds. The predicted octanol–water partition coefficient (Wildman–Crippen LogP) is 4.16. The Kier molecular flexibility index (Phi) is 6.27. The third-order valence-corrected chi connectivity index (χ3v) is 7.10. The van der Waals surface area contributed by atoms with E-state index in [-0.39, 0.29) is 16.5 Å². The van der Waals surface area contributed by atoms with Gasteiger partial charge >= 0.3 is 0 Å². The summed E-state index contributed by atoms with van der Waals surface area (Å²) < 4.78 is 32.8. The van der Waals surface area contributed by atoms with Crippen LogP contribution in [0.5, 0.6) is 5.75 Å². The highest BCUT2D eigenvalue weighted by Crippen LogP contribution is 2.29. The zero-order chi connectivity index (χ0) is 20.3. The van der Waals surface area contributed by atoms with Crippen molar-refractivity contribution < 1.29 is 17.9 Å². The van der Waals surface area contributed by atoms with Crippen LogP contribution in [0.25, 0.3) is 0 Å². The van der Waals surface area contributed by atoms with E-state index in [1.807, 2.05) is 6.92 Å². The summed E-state index contributed by atoms with van der Waals surface area (Å²) in [4.78, 5) is 12.8. The van der Waals surface area contributed by atoms with Gasteiger partial charge in [-0.2, -0.15) is 4.31 Å². The van der Waals surface area contributed by atoms with E-state index in [2.05, 4.69) is 5.32 Å². The smallest absolute Gasteiger partial charge is 0.255 e. The molecule has 0 saturated carbocycles. The number of methoxy groups -OCH3 is 1. The van der Waals surface area contributed by atoms with E-state index in [0.29, 0.717) is 23.0 Å². The number of nitrogens with one attached hydrogen (secondary N) is 1. The van der Waals surface area contributed by atoms with Gasteiger partial charge < -0.3 is 10.1 Å². The van der Waals surface area contributed by atoms with Gasteiger partial charge in [0.05, 0.1) is 17.7 Å². The highest BCUT2D eigenvalue weighted by Gasteiger charge is 2.31. The maximum absolute atomic E-state index is 13.0. The van der Waals surface area contributed by atoms with Gasteiger partial charge in [-0.15, -0.1) is 0 Å². The van der Waals surface area contributed by atoms with Gasteiger partial charge in [0.1, 0.15) is 5.75 Å². The Labute approximate surface area is 170 Å². The maximum atomic E-state index is 13.0. The highest BCUT2D eigenvalue weighted by atomic mass is 35.5. The van der Waals surface area contributed by atoms with Gasteiger partial charge in [0.15, 0.2) is 0 Å². The second-order valence-electron chi connectivity index (χ2n) is 6.79. The summed E-state index contributed by atoms with van der Waals surface area (Å²) in [6.45, 7) is 2.42. The molecule has 1 fully saturated rings. The van der Waals surface area contributed by atoms with Gasteiger partial charge in [-0.05, 0) is 56.2 Å². The molecule has 0 aromatic heterocycles. The zero-order valence-electron chi connectivity index (χ0n) is 15.8. The molecule has 28 heavy (non-hydrogen) atoms. The molecule has 0 aliphatic carbocycles. The quantitative estimate of drug-likeness (QED) is 0.784. The van der Waals surface area contributed by atoms with Crippen molar-refractivity contribution in [2.45, 2.75) is 37.1 Å². The topological polar surface area (TPSA) is 75.7 Å². The summed E-state index contributed by atoms with van der Waals surface area (Å²) in [5, 5.41) is 3.18. The fourth-order valence-corrected chi connectivity index (χ4v) is 5.25. The van der Waals surface area contributed by atoms with Gasteiger partial charge in [0, 0.05) is 23.2 Å². The SMILES string of the molecule is COc1ccc(Cl)cc1NC(=O)c1cccc(S(=O)(=O)N2CCCC[C@@H]2C)c1. The molecule has 0 radical (unpaired) electrons. The van der Waals surface area contributed by atoms with Crippen LogP contribution in [0, 0.1) is 0 Å². The monoisotopic (exact) mass is 422 g/mol. The minimum absolute atomic E-state index is 0.0491. The normalized spacial score (nSPS) is 17.9. The predicted molar refractivity (Wildman–Crippen MR) is 110 cm³/mol. The van der Waals surface area contributed by atoms with Gasteiger partial charge in [-0.25, -0.2) is 8.42 Å². The summed E-state index contributed by atoms with van der Waals surface area (Å²) in [6.07, 6.45) is 2.71. The number of benzene rings is 2. The van der Waals surface area contributed by atoms with Crippen molar-refractivity contribution in [3.8, 4) is 5.75 Å². The Morgan fingerprint density at radius 2 is 2.00 bits per heavy atom. The van der Waals surface area contributed by atoms with Crippen molar-refractivity contribution in [1.82, 2.24) is 4.31 Å². The Morgan fingerprint density at radius 3 is 2.71 bits per heavy atom. The summed E-state index contributed by atoms with van der Waals surface area (Å²) in [5.74, 6) is 0.0213. The number of ether oxygens (including phenoxy) is 1. The molecule has 0 unspecified atom stereocenters. The number of sulfonamides is 1. The molecule has 6 nitrogen and oxygen atoms in total. The Morgan fingerprint density at radius 1 is 1.21 bits per heavy atom. The molecule has 0 spiro atoms. The first-order valence-corrected chi connectivity index (χ1v) is 10.9. The van der Waals surface area contributed by atoms with E-state index < -0.39 is 15.9 Å². The molecular weight excluding hydrogens is 400 g/mol. The number of carbonyl (C=O) groups is 1. The van der Waals surface area contributed by atoms with E-state index in [1.54, 1.807) is 30.3 Å². The molecule has 1 aliphatic rings. The molecule has 3 rings (SSSR count). The maximum Gasteiger partial charge on any atom is 0.255 e. The summed E-state index contributed by atoms with van der Waals surface area (Å²) in [5.41, 5.74) is 0.658. The lowest BCUT2D eigenvalue weighted by Gasteiger charge is -2.32. The molecule has 2 aromatic rings. The number of hydrogen-bond acceptors (Lipinski definition) is 4. The number of rotatable bonds is 5. The van der Waals surface area contributed by atoms with E-state index >= 15 is 0 Å². The molecule has 0 bridgehead atoms. The average molecular weight is 423 g/mol. The van der Waals surface area contributed by atoms with Crippen LogP contribution in [-0.2, 0) is 10.0 Å². The molecule has 150 valence electrons. The number of hydrogen-bond donors (Lipinski definition) is 1. The molecule has 1 N–H and O–H groups in total. The van der Waals surface area contributed by atoms with Gasteiger partial charge in [0.25, 0.3) is 5.91 Å². The molecule has 1 aliphatic heterocycles. The number of anilines is 1.